The second kappa shape index (κ2) is 8.88. The number of H-pyrrole nitrogens is 1. The van der Waals surface area contributed by atoms with E-state index in [9.17, 15) is 14.4 Å². The summed E-state index contributed by atoms with van der Waals surface area (Å²) in [5.74, 6) is -0.479. The number of aryl methyl sites for hydroxylation is 1. The van der Waals surface area contributed by atoms with Crippen molar-refractivity contribution in [1.82, 2.24) is 19.7 Å². The van der Waals surface area contributed by atoms with E-state index >= 15 is 0 Å². The second-order valence-corrected chi connectivity index (χ2v) is 9.27. The van der Waals surface area contributed by atoms with Crippen molar-refractivity contribution in [2.45, 2.75) is 13.3 Å². The van der Waals surface area contributed by atoms with E-state index in [2.05, 4.69) is 20.4 Å². The Bertz CT molecular complexity index is 1430. The van der Waals surface area contributed by atoms with Crippen LogP contribution in [0.25, 0.3) is 16.5 Å². The molecule has 0 spiro atoms. The van der Waals surface area contributed by atoms with Gasteiger partial charge in [-0.25, -0.2) is 4.98 Å². The molecule has 11 heteroatoms. The molecule has 172 valence electrons. The van der Waals surface area contributed by atoms with Gasteiger partial charge in [-0.05, 0) is 42.6 Å². The van der Waals surface area contributed by atoms with Crippen LogP contribution in [0, 0.1) is 12.8 Å². The van der Waals surface area contributed by atoms with Gasteiger partial charge in [-0.1, -0.05) is 17.7 Å². The van der Waals surface area contributed by atoms with E-state index in [1.807, 2.05) is 17.5 Å². The Kier molecular flexibility index (Phi) is 5.76. The quantitative estimate of drug-likeness (QED) is 0.440. The van der Waals surface area contributed by atoms with Crippen molar-refractivity contribution in [1.29, 1.82) is 0 Å². The second-order valence-electron chi connectivity index (χ2n) is 7.89. The lowest BCUT2D eigenvalue weighted by Crippen LogP contribution is -2.28. The van der Waals surface area contributed by atoms with Gasteiger partial charge < -0.3 is 10.2 Å². The maximum absolute atomic E-state index is 13.2. The van der Waals surface area contributed by atoms with Crippen molar-refractivity contribution in [3.8, 4) is 16.5 Å². The Balaban J connectivity index is 1.43. The highest BCUT2D eigenvalue weighted by molar-refractivity contribution is 7.13. The number of anilines is 2. The Labute approximate surface area is 203 Å². The molecular weight excluding hydrogens is 476 g/mol. The van der Waals surface area contributed by atoms with Crippen LogP contribution in [0.2, 0.25) is 5.02 Å². The van der Waals surface area contributed by atoms with Gasteiger partial charge in [0.1, 0.15) is 11.5 Å². The Morgan fingerprint density at radius 2 is 2.00 bits per heavy atom. The van der Waals surface area contributed by atoms with Gasteiger partial charge in [-0.15, -0.1) is 11.3 Å². The maximum atomic E-state index is 13.2. The fraction of sp³-hybridized carbons (Fsp3) is 0.174. The van der Waals surface area contributed by atoms with E-state index in [1.54, 1.807) is 42.2 Å². The summed E-state index contributed by atoms with van der Waals surface area (Å²) >= 11 is 7.45. The van der Waals surface area contributed by atoms with Crippen LogP contribution in [0.15, 0.2) is 58.7 Å². The zero-order valence-electron chi connectivity index (χ0n) is 18.0. The predicted octanol–water partition coefficient (Wildman–Crippen LogP) is 3.64. The third-order valence-corrected chi connectivity index (χ3v) is 6.57. The minimum atomic E-state index is -0.554. The molecule has 1 aromatic carbocycles. The van der Waals surface area contributed by atoms with Gasteiger partial charge in [-0.2, -0.15) is 9.78 Å². The van der Waals surface area contributed by atoms with Gasteiger partial charge in [0.05, 0.1) is 10.8 Å². The average molecular weight is 495 g/mol. The van der Waals surface area contributed by atoms with Crippen LogP contribution in [0.1, 0.15) is 12.1 Å². The summed E-state index contributed by atoms with van der Waals surface area (Å²) in [5.41, 5.74) is 1.51. The van der Waals surface area contributed by atoms with Crippen molar-refractivity contribution >= 4 is 46.3 Å². The number of rotatable bonds is 5. The zero-order valence-corrected chi connectivity index (χ0v) is 19.6. The number of aromatic nitrogens is 4. The first-order valence-electron chi connectivity index (χ1n) is 10.5. The molecule has 4 aromatic rings. The highest BCUT2D eigenvalue weighted by Crippen LogP contribution is 2.30. The Morgan fingerprint density at radius 1 is 1.21 bits per heavy atom. The molecule has 0 saturated carbocycles. The van der Waals surface area contributed by atoms with Crippen LogP contribution < -0.4 is 15.8 Å². The van der Waals surface area contributed by atoms with Gasteiger partial charge >= 0.3 is 0 Å². The Morgan fingerprint density at radius 3 is 2.71 bits per heavy atom. The summed E-state index contributed by atoms with van der Waals surface area (Å²) in [4.78, 5) is 47.3. The van der Waals surface area contributed by atoms with Gasteiger partial charge in [0.25, 0.3) is 5.56 Å². The summed E-state index contributed by atoms with van der Waals surface area (Å²) in [6, 6.07) is 13.8. The van der Waals surface area contributed by atoms with Crippen LogP contribution in [0.5, 0.6) is 0 Å². The van der Waals surface area contributed by atoms with Crippen molar-refractivity contribution in [3.05, 3.63) is 75.0 Å². The molecule has 0 unspecified atom stereocenters. The normalized spacial score (nSPS) is 15.6. The number of carbonyl (C=O) groups is 2. The average Bonchev–Trinajstić information content (AvgIpc) is 3.53. The van der Waals surface area contributed by atoms with E-state index < -0.39 is 5.92 Å². The number of benzene rings is 1. The summed E-state index contributed by atoms with van der Waals surface area (Å²) in [6.07, 6.45) is 0.0832. The third kappa shape index (κ3) is 4.37. The molecule has 0 radical (unpaired) electrons. The van der Waals surface area contributed by atoms with E-state index in [0.29, 0.717) is 27.9 Å². The number of hydrogen-bond donors (Lipinski definition) is 2. The molecule has 34 heavy (non-hydrogen) atoms. The molecule has 0 aliphatic carbocycles. The molecule has 0 bridgehead atoms. The third-order valence-electron chi connectivity index (χ3n) is 5.43. The molecule has 1 aliphatic heterocycles. The first-order chi connectivity index (χ1) is 16.4. The summed E-state index contributed by atoms with van der Waals surface area (Å²) in [7, 11) is 0. The molecule has 9 nitrogen and oxygen atoms in total. The topological polar surface area (TPSA) is 113 Å². The minimum absolute atomic E-state index is 0.0832. The number of carbonyl (C=O) groups excluding carboxylic acids is 2. The van der Waals surface area contributed by atoms with E-state index in [0.717, 1.165) is 4.88 Å². The molecule has 1 fully saturated rings. The number of nitrogens with one attached hydrogen (secondary N) is 2. The summed E-state index contributed by atoms with van der Waals surface area (Å²) in [6.45, 7) is 1.95. The maximum Gasteiger partial charge on any atom is 0.252 e. The lowest BCUT2D eigenvalue weighted by molar-refractivity contribution is -0.122. The number of nitrogens with zero attached hydrogens (tertiary/aromatic N) is 4. The van der Waals surface area contributed by atoms with Crippen LogP contribution in [-0.4, -0.2) is 38.1 Å². The van der Waals surface area contributed by atoms with E-state index in [-0.39, 0.29) is 36.3 Å². The van der Waals surface area contributed by atoms with Gasteiger partial charge in [0.2, 0.25) is 17.8 Å². The largest absolute Gasteiger partial charge is 0.312 e. The van der Waals surface area contributed by atoms with Crippen LogP contribution in [0.3, 0.4) is 0 Å². The summed E-state index contributed by atoms with van der Waals surface area (Å²) in [5, 5.41) is 9.94. The molecule has 2 N–H and O–H groups in total. The zero-order chi connectivity index (χ0) is 23.8. The van der Waals surface area contributed by atoms with Crippen molar-refractivity contribution in [3.63, 3.8) is 0 Å². The molecule has 1 atom stereocenters. The fourth-order valence-electron chi connectivity index (χ4n) is 3.82. The standard InChI is InChI=1S/C23H19ClN6O3S/c1-13-9-20(31)27-23(25-13)30-19(11-17(28-30)18-3-2-8-34-18)26-22(33)14-10-21(32)29(12-14)16-6-4-15(24)5-7-16/h2-9,11,14H,10,12H2,1H3,(H,26,33)(H,25,27,31)/t14-/m0/s1. The first kappa shape index (κ1) is 22.1. The number of amides is 2. The van der Waals surface area contributed by atoms with Crippen molar-refractivity contribution < 1.29 is 9.59 Å². The first-order valence-corrected chi connectivity index (χ1v) is 11.7. The number of hydrogen-bond acceptors (Lipinski definition) is 6. The summed E-state index contributed by atoms with van der Waals surface area (Å²) < 4.78 is 1.40. The smallest absolute Gasteiger partial charge is 0.252 e. The van der Waals surface area contributed by atoms with Crippen LogP contribution in [0.4, 0.5) is 11.5 Å². The van der Waals surface area contributed by atoms with Crippen molar-refractivity contribution in [2.75, 3.05) is 16.8 Å². The van der Waals surface area contributed by atoms with Crippen molar-refractivity contribution in [2.24, 2.45) is 5.92 Å². The van der Waals surface area contributed by atoms with Gasteiger partial charge in [0, 0.05) is 41.5 Å². The lowest BCUT2D eigenvalue weighted by Gasteiger charge is -2.17. The Hall–Kier alpha value is -3.76. The molecular formula is C23H19ClN6O3S. The molecule has 2 amide bonds. The molecule has 4 heterocycles. The van der Waals surface area contributed by atoms with Gasteiger partial charge in [-0.3, -0.25) is 19.4 Å². The number of halogens is 1. The fourth-order valence-corrected chi connectivity index (χ4v) is 4.63. The number of thiophene rings is 1. The van der Waals surface area contributed by atoms with Crippen LogP contribution >= 0.6 is 22.9 Å². The minimum Gasteiger partial charge on any atom is -0.312 e. The van der Waals surface area contributed by atoms with Crippen LogP contribution in [-0.2, 0) is 9.59 Å². The highest BCUT2D eigenvalue weighted by atomic mass is 35.5. The SMILES string of the molecule is Cc1cc(=O)[nH]c(-n2nc(-c3cccs3)cc2NC(=O)[C@H]2CC(=O)N(c3ccc(Cl)cc3)C2)n1. The van der Waals surface area contributed by atoms with E-state index in [1.165, 1.54) is 22.1 Å². The lowest BCUT2D eigenvalue weighted by atomic mass is 10.1. The molecule has 5 rings (SSSR count). The molecule has 1 aliphatic rings. The van der Waals surface area contributed by atoms with E-state index in [4.69, 9.17) is 11.6 Å². The predicted molar refractivity (Wildman–Crippen MR) is 131 cm³/mol. The molecule has 3 aromatic heterocycles. The molecule has 1 saturated heterocycles. The van der Waals surface area contributed by atoms with Gasteiger partial charge in [0.15, 0.2) is 0 Å². The number of aromatic amines is 1. The monoisotopic (exact) mass is 494 g/mol. The highest BCUT2D eigenvalue weighted by Gasteiger charge is 2.35.